The lowest BCUT2D eigenvalue weighted by Crippen LogP contribution is -2.15. The molecule has 25 heavy (non-hydrogen) atoms. The van der Waals surface area contributed by atoms with E-state index in [-0.39, 0.29) is 4.90 Å². The number of benzene rings is 2. The van der Waals surface area contributed by atoms with Gasteiger partial charge in [0.05, 0.1) is 12.0 Å². The Labute approximate surface area is 149 Å². The minimum Gasteiger partial charge on any atom is -0.496 e. The molecule has 5 nitrogen and oxygen atoms in total. The zero-order valence-corrected chi connectivity index (χ0v) is 15.4. The monoisotopic (exact) mass is 360 g/mol. The van der Waals surface area contributed by atoms with Crippen molar-refractivity contribution in [3.63, 3.8) is 0 Å². The van der Waals surface area contributed by atoms with Crippen molar-refractivity contribution < 1.29 is 13.2 Å². The first-order valence-electron chi connectivity index (χ1n) is 8.52. The molecule has 1 aliphatic carbocycles. The molecule has 0 aromatic heterocycles. The molecule has 0 amide bonds. The van der Waals surface area contributed by atoms with Crippen molar-refractivity contribution in [1.29, 1.82) is 0 Å². The van der Waals surface area contributed by atoms with Crippen LogP contribution in [-0.2, 0) is 10.0 Å². The Kier molecular flexibility index (Phi) is 5.18. The molecule has 1 saturated carbocycles. The Morgan fingerprint density at radius 2 is 1.64 bits per heavy atom. The van der Waals surface area contributed by atoms with Crippen LogP contribution in [0.5, 0.6) is 5.75 Å². The van der Waals surface area contributed by atoms with E-state index in [1.165, 1.54) is 25.7 Å². The molecule has 6 heteroatoms. The maximum atomic E-state index is 12.5. The SMILES string of the molecule is COc1ccc(S(=O)(=O)Nc2ccc(NC3CCCC3)cc2)cc1C. The second-order valence-corrected chi connectivity index (χ2v) is 8.12. The Balaban J connectivity index is 1.71. The first-order chi connectivity index (χ1) is 12.0. The molecule has 0 heterocycles. The molecule has 1 aliphatic rings. The molecule has 0 radical (unpaired) electrons. The van der Waals surface area contributed by atoms with Crippen LogP contribution in [0, 0.1) is 6.92 Å². The van der Waals surface area contributed by atoms with Gasteiger partial charge in [-0.3, -0.25) is 4.72 Å². The van der Waals surface area contributed by atoms with Gasteiger partial charge < -0.3 is 10.1 Å². The smallest absolute Gasteiger partial charge is 0.261 e. The molecular weight excluding hydrogens is 336 g/mol. The molecule has 2 aromatic rings. The van der Waals surface area contributed by atoms with Crippen molar-refractivity contribution in [3.05, 3.63) is 48.0 Å². The van der Waals surface area contributed by atoms with Crippen molar-refractivity contribution >= 4 is 21.4 Å². The van der Waals surface area contributed by atoms with Gasteiger partial charge >= 0.3 is 0 Å². The number of aryl methyl sites for hydroxylation is 1. The van der Waals surface area contributed by atoms with Gasteiger partial charge in [-0.1, -0.05) is 12.8 Å². The summed E-state index contributed by atoms with van der Waals surface area (Å²) in [5, 5.41) is 3.49. The molecule has 0 spiro atoms. The quantitative estimate of drug-likeness (QED) is 0.812. The number of ether oxygens (including phenoxy) is 1. The standard InChI is InChI=1S/C19H24N2O3S/c1-14-13-18(11-12-19(14)24-2)25(22,23)21-17-9-7-16(8-10-17)20-15-5-3-4-6-15/h7-13,15,20-21H,3-6H2,1-2H3. The Bertz CT molecular complexity index is 826. The van der Waals surface area contributed by atoms with Gasteiger partial charge in [-0.05, 0) is 67.8 Å². The van der Waals surface area contributed by atoms with E-state index in [9.17, 15) is 8.42 Å². The van der Waals surface area contributed by atoms with Crippen LogP contribution in [0.2, 0.25) is 0 Å². The largest absolute Gasteiger partial charge is 0.496 e. The Hall–Kier alpha value is -2.21. The third-order valence-electron chi connectivity index (χ3n) is 4.54. The summed E-state index contributed by atoms with van der Waals surface area (Å²) in [6.45, 7) is 1.82. The summed E-state index contributed by atoms with van der Waals surface area (Å²) in [5.74, 6) is 0.668. The zero-order valence-electron chi connectivity index (χ0n) is 14.6. The summed E-state index contributed by atoms with van der Waals surface area (Å²) in [7, 11) is -2.06. The summed E-state index contributed by atoms with van der Waals surface area (Å²) < 4.78 is 32.9. The predicted molar refractivity (Wildman–Crippen MR) is 101 cm³/mol. The van der Waals surface area contributed by atoms with Crippen LogP contribution in [-0.4, -0.2) is 21.6 Å². The van der Waals surface area contributed by atoms with Gasteiger partial charge in [0.15, 0.2) is 0 Å². The zero-order chi connectivity index (χ0) is 17.9. The van der Waals surface area contributed by atoms with Gasteiger partial charge in [0, 0.05) is 17.4 Å². The molecule has 3 rings (SSSR count). The maximum Gasteiger partial charge on any atom is 0.261 e. The summed E-state index contributed by atoms with van der Waals surface area (Å²) in [4.78, 5) is 0.221. The fourth-order valence-corrected chi connectivity index (χ4v) is 4.32. The number of hydrogen-bond acceptors (Lipinski definition) is 4. The third kappa shape index (κ3) is 4.25. The molecule has 2 aromatic carbocycles. The van der Waals surface area contributed by atoms with E-state index >= 15 is 0 Å². The minimum absolute atomic E-state index is 0.221. The Morgan fingerprint density at radius 3 is 2.24 bits per heavy atom. The van der Waals surface area contributed by atoms with Crippen LogP contribution in [0.15, 0.2) is 47.4 Å². The van der Waals surface area contributed by atoms with Crippen LogP contribution < -0.4 is 14.8 Å². The minimum atomic E-state index is -3.62. The molecule has 0 bridgehead atoms. The average Bonchev–Trinajstić information content (AvgIpc) is 3.09. The van der Waals surface area contributed by atoms with E-state index in [1.807, 2.05) is 19.1 Å². The number of anilines is 2. The molecular formula is C19H24N2O3S. The van der Waals surface area contributed by atoms with E-state index in [1.54, 1.807) is 37.4 Å². The van der Waals surface area contributed by atoms with Crippen LogP contribution in [0.3, 0.4) is 0 Å². The molecule has 2 N–H and O–H groups in total. The highest BCUT2D eigenvalue weighted by Crippen LogP contribution is 2.25. The van der Waals surface area contributed by atoms with Gasteiger partial charge in [-0.25, -0.2) is 8.42 Å². The predicted octanol–water partition coefficient (Wildman–Crippen LogP) is 4.16. The van der Waals surface area contributed by atoms with Gasteiger partial charge in [0.25, 0.3) is 10.0 Å². The van der Waals surface area contributed by atoms with Crippen LogP contribution >= 0.6 is 0 Å². The van der Waals surface area contributed by atoms with E-state index in [0.29, 0.717) is 17.5 Å². The molecule has 0 unspecified atom stereocenters. The molecule has 0 atom stereocenters. The fourth-order valence-electron chi connectivity index (χ4n) is 3.17. The van der Waals surface area contributed by atoms with Crippen LogP contribution in [0.25, 0.3) is 0 Å². The molecule has 0 saturated heterocycles. The van der Waals surface area contributed by atoms with Crippen LogP contribution in [0.1, 0.15) is 31.2 Å². The van der Waals surface area contributed by atoms with Gasteiger partial charge in [-0.15, -0.1) is 0 Å². The van der Waals surface area contributed by atoms with Crippen molar-refractivity contribution in [2.45, 2.75) is 43.5 Å². The third-order valence-corrected chi connectivity index (χ3v) is 5.92. The van der Waals surface area contributed by atoms with Gasteiger partial charge in [-0.2, -0.15) is 0 Å². The second-order valence-electron chi connectivity index (χ2n) is 6.44. The fraction of sp³-hybridized carbons (Fsp3) is 0.368. The van der Waals surface area contributed by atoms with E-state index in [4.69, 9.17) is 4.74 Å². The van der Waals surface area contributed by atoms with E-state index in [2.05, 4.69) is 10.0 Å². The first kappa shape index (κ1) is 17.6. The number of nitrogens with one attached hydrogen (secondary N) is 2. The first-order valence-corrected chi connectivity index (χ1v) is 10.0. The lowest BCUT2D eigenvalue weighted by molar-refractivity contribution is 0.411. The number of sulfonamides is 1. The highest BCUT2D eigenvalue weighted by Gasteiger charge is 2.17. The lowest BCUT2D eigenvalue weighted by atomic mass is 10.2. The summed E-state index contributed by atoms with van der Waals surface area (Å²) in [6, 6.07) is 12.7. The van der Waals surface area contributed by atoms with Crippen molar-refractivity contribution in [1.82, 2.24) is 0 Å². The van der Waals surface area contributed by atoms with Gasteiger partial charge in [0.1, 0.15) is 5.75 Å². The van der Waals surface area contributed by atoms with Crippen molar-refractivity contribution in [3.8, 4) is 5.75 Å². The molecule has 134 valence electrons. The number of methoxy groups -OCH3 is 1. The summed E-state index contributed by atoms with van der Waals surface area (Å²) in [6.07, 6.45) is 4.95. The maximum absolute atomic E-state index is 12.5. The highest BCUT2D eigenvalue weighted by atomic mass is 32.2. The topological polar surface area (TPSA) is 67.4 Å². The summed E-state index contributed by atoms with van der Waals surface area (Å²) in [5.41, 5.74) is 2.35. The normalized spacial score (nSPS) is 15.1. The number of rotatable bonds is 6. The van der Waals surface area contributed by atoms with E-state index in [0.717, 1.165) is 11.3 Å². The average molecular weight is 360 g/mol. The van der Waals surface area contributed by atoms with E-state index < -0.39 is 10.0 Å². The van der Waals surface area contributed by atoms with Crippen LogP contribution in [0.4, 0.5) is 11.4 Å². The number of hydrogen-bond donors (Lipinski definition) is 2. The summed E-state index contributed by atoms with van der Waals surface area (Å²) >= 11 is 0. The highest BCUT2D eigenvalue weighted by molar-refractivity contribution is 7.92. The van der Waals surface area contributed by atoms with Gasteiger partial charge in [0.2, 0.25) is 0 Å². The van der Waals surface area contributed by atoms with Crippen molar-refractivity contribution in [2.75, 3.05) is 17.1 Å². The lowest BCUT2D eigenvalue weighted by Gasteiger charge is -2.14. The second kappa shape index (κ2) is 7.35. The molecule has 1 fully saturated rings. The molecule has 0 aliphatic heterocycles. The van der Waals surface area contributed by atoms with Crippen molar-refractivity contribution in [2.24, 2.45) is 0 Å². The Morgan fingerprint density at radius 1 is 1.00 bits per heavy atom.